The molecule has 0 bridgehead atoms. The van der Waals surface area contributed by atoms with E-state index < -0.39 is 5.82 Å². The van der Waals surface area contributed by atoms with Crippen molar-refractivity contribution in [3.05, 3.63) is 58.9 Å². The summed E-state index contributed by atoms with van der Waals surface area (Å²) in [7, 11) is 0. The summed E-state index contributed by atoms with van der Waals surface area (Å²) >= 11 is 1.58. The van der Waals surface area contributed by atoms with E-state index in [1.165, 1.54) is 6.07 Å². The highest BCUT2D eigenvalue weighted by molar-refractivity contribution is 7.98. The van der Waals surface area contributed by atoms with Crippen LogP contribution < -0.4 is 5.73 Å². The van der Waals surface area contributed by atoms with E-state index >= 15 is 0 Å². The van der Waals surface area contributed by atoms with Gasteiger partial charge in [-0.25, -0.2) is 4.39 Å². The summed E-state index contributed by atoms with van der Waals surface area (Å²) in [6.45, 7) is 1.99. The zero-order valence-electron chi connectivity index (χ0n) is 10.5. The fraction of sp³-hybridized carbons (Fsp3) is 0.133. The zero-order chi connectivity index (χ0) is 13.8. The molecule has 2 aromatic rings. The Labute approximate surface area is 116 Å². The summed E-state index contributed by atoms with van der Waals surface area (Å²) < 4.78 is 13.2. The largest absolute Gasteiger partial charge is 0.398 e. The van der Waals surface area contributed by atoms with Crippen LogP contribution >= 0.6 is 11.8 Å². The molecule has 96 valence electrons. The van der Waals surface area contributed by atoms with E-state index in [1.54, 1.807) is 23.9 Å². The number of thioether (sulfide) groups is 1. The summed E-state index contributed by atoms with van der Waals surface area (Å²) in [4.78, 5) is 0.994. The van der Waals surface area contributed by atoms with Gasteiger partial charge in [0.05, 0.1) is 5.56 Å². The third-order valence-electron chi connectivity index (χ3n) is 2.71. The van der Waals surface area contributed by atoms with Gasteiger partial charge in [0.15, 0.2) is 0 Å². The number of nitrogens with two attached hydrogens (primary N) is 1. The van der Waals surface area contributed by atoms with Crippen molar-refractivity contribution in [3.63, 3.8) is 0 Å². The molecule has 0 radical (unpaired) electrons. The highest BCUT2D eigenvalue weighted by Gasteiger charge is 2.05. The number of rotatable bonds is 3. The fourth-order valence-electron chi connectivity index (χ4n) is 1.71. The molecule has 0 amide bonds. The molecule has 2 aromatic carbocycles. The Morgan fingerprint density at radius 3 is 2.74 bits per heavy atom. The number of nitriles is 1. The molecule has 0 saturated carbocycles. The van der Waals surface area contributed by atoms with Crippen LogP contribution in [-0.4, -0.2) is 0 Å². The second kappa shape index (κ2) is 5.77. The Morgan fingerprint density at radius 2 is 2.05 bits per heavy atom. The zero-order valence-corrected chi connectivity index (χ0v) is 11.3. The van der Waals surface area contributed by atoms with Gasteiger partial charge in [0, 0.05) is 16.3 Å². The van der Waals surface area contributed by atoms with Gasteiger partial charge in [-0.3, -0.25) is 0 Å². The number of nitrogens with zero attached hydrogens (tertiary/aromatic N) is 1. The van der Waals surface area contributed by atoms with Crippen molar-refractivity contribution in [1.82, 2.24) is 0 Å². The Bertz CT molecular complexity index is 647. The van der Waals surface area contributed by atoms with Crippen molar-refractivity contribution in [2.75, 3.05) is 5.73 Å². The topological polar surface area (TPSA) is 49.8 Å². The average molecular weight is 272 g/mol. The van der Waals surface area contributed by atoms with E-state index in [0.29, 0.717) is 5.75 Å². The molecule has 2 nitrogen and oxygen atoms in total. The molecule has 0 aliphatic rings. The van der Waals surface area contributed by atoms with Crippen LogP contribution in [0.5, 0.6) is 0 Å². The van der Waals surface area contributed by atoms with Crippen LogP contribution in [0, 0.1) is 24.1 Å². The first-order valence-electron chi connectivity index (χ1n) is 5.77. The van der Waals surface area contributed by atoms with Gasteiger partial charge in [0.1, 0.15) is 11.9 Å². The van der Waals surface area contributed by atoms with Crippen LogP contribution in [0.4, 0.5) is 10.1 Å². The highest BCUT2D eigenvalue weighted by atomic mass is 32.2. The number of benzene rings is 2. The Balaban J connectivity index is 2.13. The van der Waals surface area contributed by atoms with Crippen molar-refractivity contribution in [3.8, 4) is 6.07 Å². The molecular weight excluding hydrogens is 259 g/mol. The molecule has 0 aliphatic heterocycles. The molecule has 0 heterocycles. The maximum Gasteiger partial charge on any atom is 0.140 e. The smallest absolute Gasteiger partial charge is 0.140 e. The minimum absolute atomic E-state index is 0.0787. The summed E-state index contributed by atoms with van der Waals surface area (Å²) in [6.07, 6.45) is 0. The average Bonchev–Trinajstić information content (AvgIpc) is 2.39. The number of halogens is 1. The molecule has 0 saturated heterocycles. The van der Waals surface area contributed by atoms with Gasteiger partial charge in [0.25, 0.3) is 0 Å². The number of hydrogen-bond donors (Lipinski definition) is 1. The molecule has 0 spiro atoms. The Hall–Kier alpha value is -1.99. The second-order valence-electron chi connectivity index (χ2n) is 4.26. The van der Waals surface area contributed by atoms with Crippen LogP contribution in [0.3, 0.4) is 0 Å². The maximum atomic E-state index is 13.2. The second-order valence-corrected chi connectivity index (χ2v) is 5.27. The van der Waals surface area contributed by atoms with Crippen molar-refractivity contribution in [1.29, 1.82) is 5.26 Å². The van der Waals surface area contributed by atoms with Crippen molar-refractivity contribution in [2.45, 2.75) is 17.6 Å². The first kappa shape index (κ1) is 13.4. The van der Waals surface area contributed by atoms with E-state index in [0.717, 1.165) is 21.7 Å². The first-order valence-corrected chi connectivity index (χ1v) is 6.76. The SMILES string of the molecule is Cc1ccc(SCc2ccc(F)c(C#N)c2)c(N)c1. The molecule has 0 aliphatic carbocycles. The molecular formula is C15H13FN2S. The lowest BCUT2D eigenvalue weighted by Gasteiger charge is -2.07. The van der Waals surface area contributed by atoms with Crippen molar-refractivity contribution in [2.24, 2.45) is 0 Å². The number of hydrogen-bond acceptors (Lipinski definition) is 3. The van der Waals surface area contributed by atoms with Gasteiger partial charge in [-0.05, 0) is 42.3 Å². The predicted octanol–water partition coefficient (Wildman–Crippen LogP) is 3.88. The molecule has 4 heteroatoms. The van der Waals surface area contributed by atoms with Gasteiger partial charge >= 0.3 is 0 Å². The molecule has 2 rings (SSSR count). The molecule has 0 unspecified atom stereocenters. The maximum absolute atomic E-state index is 13.2. The lowest BCUT2D eigenvalue weighted by Crippen LogP contribution is -1.91. The normalized spacial score (nSPS) is 10.2. The fourth-order valence-corrected chi connectivity index (χ4v) is 2.60. The van der Waals surface area contributed by atoms with Crippen molar-refractivity contribution >= 4 is 17.4 Å². The van der Waals surface area contributed by atoms with E-state index in [2.05, 4.69) is 0 Å². The quantitative estimate of drug-likeness (QED) is 0.681. The van der Waals surface area contributed by atoms with E-state index in [1.807, 2.05) is 31.2 Å². The molecule has 0 aromatic heterocycles. The van der Waals surface area contributed by atoms with Gasteiger partial charge < -0.3 is 5.73 Å². The number of anilines is 1. The van der Waals surface area contributed by atoms with Gasteiger partial charge in [0.2, 0.25) is 0 Å². The van der Waals surface area contributed by atoms with Gasteiger partial charge in [-0.2, -0.15) is 5.26 Å². The van der Waals surface area contributed by atoms with Crippen LogP contribution in [0.25, 0.3) is 0 Å². The summed E-state index contributed by atoms with van der Waals surface area (Å²) in [6, 6.07) is 12.3. The third-order valence-corrected chi connectivity index (χ3v) is 3.87. The minimum atomic E-state index is -0.480. The van der Waals surface area contributed by atoms with Crippen LogP contribution in [0.15, 0.2) is 41.3 Å². The van der Waals surface area contributed by atoms with Crippen LogP contribution in [-0.2, 0) is 5.75 Å². The van der Waals surface area contributed by atoms with E-state index in [-0.39, 0.29) is 5.56 Å². The van der Waals surface area contributed by atoms with E-state index in [9.17, 15) is 4.39 Å². The van der Waals surface area contributed by atoms with Gasteiger partial charge in [-0.1, -0.05) is 12.1 Å². The standard InChI is InChI=1S/C15H13FN2S/c1-10-2-5-15(14(18)6-10)19-9-11-3-4-13(16)12(7-11)8-17/h2-7H,9,18H2,1H3. The molecule has 19 heavy (non-hydrogen) atoms. The number of nitrogen functional groups attached to an aromatic ring is 1. The third kappa shape index (κ3) is 3.27. The highest BCUT2D eigenvalue weighted by Crippen LogP contribution is 2.29. The lowest BCUT2D eigenvalue weighted by molar-refractivity contribution is 0.623. The van der Waals surface area contributed by atoms with Crippen molar-refractivity contribution < 1.29 is 4.39 Å². The molecule has 0 fully saturated rings. The van der Waals surface area contributed by atoms with E-state index in [4.69, 9.17) is 11.0 Å². The predicted molar refractivity (Wildman–Crippen MR) is 76.3 cm³/mol. The Morgan fingerprint density at radius 1 is 1.26 bits per heavy atom. The minimum Gasteiger partial charge on any atom is -0.398 e. The summed E-state index contributed by atoms with van der Waals surface area (Å²) in [5.41, 5.74) is 8.78. The Kier molecular flexibility index (Phi) is 4.08. The summed E-state index contributed by atoms with van der Waals surface area (Å²) in [5, 5.41) is 8.79. The van der Waals surface area contributed by atoms with Crippen LogP contribution in [0.2, 0.25) is 0 Å². The summed E-state index contributed by atoms with van der Waals surface area (Å²) in [5.74, 6) is 0.175. The lowest BCUT2D eigenvalue weighted by atomic mass is 10.1. The van der Waals surface area contributed by atoms with Crippen LogP contribution in [0.1, 0.15) is 16.7 Å². The molecule has 2 N–H and O–H groups in total. The number of aryl methyl sites for hydroxylation is 1. The van der Waals surface area contributed by atoms with Gasteiger partial charge in [-0.15, -0.1) is 11.8 Å². The monoisotopic (exact) mass is 272 g/mol. The first-order chi connectivity index (χ1) is 9.10. The molecule has 0 atom stereocenters.